The van der Waals surface area contributed by atoms with Gasteiger partial charge in [0.15, 0.2) is 0 Å². The van der Waals surface area contributed by atoms with E-state index in [2.05, 4.69) is 5.32 Å². The van der Waals surface area contributed by atoms with Crippen LogP contribution in [0.5, 0.6) is 0 Å². The number of hydrogen-bond donors (Lipinski definition) is 2. The van der Waals surface area contributed by atoms with Gasteiger partial charge in [0.05, 0.1) is 10.4 Å². The number of carbonyl (C=O) groups excluding carboxylic acids is 3. The summed E-state index contributed by atoms with van der Waals surface area (Å²) in [6.07, 6.45) is 5.19. The van der Waals surface area contributed by atoms with Crippen molar-refractivity contribution in [2.45, 2.75) is 84.1 Å². The van der Waals surface area contributed by atoms with E-state index >= 15 is 0 Å². The van der Waals surface area contributed by atoms with Crippen LogP contribution in [0.15, 0.2) is 40.8 Å². The quantitative estimate of drug-likeness (QED) is 0.352. The minimum atomic E-state index is -4.42. The lowest BCUT2D eigenvalue weighted by Gasteiger charge is -2.44. The molecular weight excluding hydrogens is 494 g/mol. The van der Waals surface area contributed by atoms with Crippen LogP contribution in [0, 0.1) is 10.8 Å². The molecule has 0 radical (unpaired) electrons. The van der Waals surface area contributed by atoms with Crippen LogP contribution in [0.1, 0.15) is 84.8 Å². The Bertz CT molecular complexity index is 1310. The minimum absolute atomic E-state index is 0.00593. The fourth-order valence-electron chi connectivity index (χ4n) is 5.42. The second-order valence-electron chi connectivity index (χ2n) is 11.3. The van der Waals surface area contributed by atoms with E-state index in [0.717, 1.165) is 16.7 Å². The van der Waals surface area contributed by atoms with Crippen LogP contribution in [0.25, 0.3) is 5.57 Å². The summed E-state index contributed by atoms with van der Waals surface area (Å²) in [5, 5.41) is 3.19. The molecule has 1 aromatic carbocycles. The second-order valence-corrected chi connectivity index (χ2v) is 12.7. The van der Waals surface area contributed by atoms with Gasteiger partial charge < -0.3 is 14.8 Å². The maximum atomic E-state index is 13.7. The molecule has 9 heteroatoms. The van der Waals surface area contributed by atoms with Crippen LogP contribution in [0.4, 0.5) is 0 Å². The van der Waals surface area contributed by atoms with Gasteiger partial charge in [-0.05, 0) is 66.5 Å². The zero-order valence-corrected chi connectivity index (χ0v) is 23.4. The number of carbonyl (C=O) groups is 3. The molecule has 0 bridgehead atoms. The lowest BCUT2D eigenvalue weighted by Crippen LogP contribution is -2.55. The first kappa shape index (κ1) is 28.8. The van der Waals surface area contributed by atoms with Crippen molar-refractivity contribution in [2.75, 3.05) is 6.61 Å². The van der Waals surface area contributed by atoms with E-state index in [1.807, 2.05) is 46.8 Å². The van der Waals surface area contributed by atoms with Gasteiger partial charge in [0, 0.05) is 24.7 Å². The predicted octanol–water partition coefficient (Wildman–Crippen LogP) is 4.60. The maximum Gasteiger partial charge on any atom is 0.302 e. The van der Waals surface area contributed by atoms with Crippen molar-refractivity contribution in [2.24, 2.45) is 10.8 Å². The number of nitrogens with one attached hydrogen (secondary N) is 1. The van der Waals surface area contributed by atoms with Gasteiger partial charge in [-0.1, -0.05) is 45.9 Å². The zero-order valence-electron chi connectivity index (χ0n) is 22.6. The third kappa shape index (κ3) is 5.57. The highest BCUT2D eigenvalue weighted by Gasteiger charge is 2.48. The summed E-state index contributed by atoms with van der Waals surface area (Å²) < 4.78 is 38.5. The Labute approximate surface area is 219 Å². The Morgan fingerprint density at radius 2 is 1.84 bits per heavy atom. The van der Waals surface area contributed by atoms with E-state index in [1.54, 1.807) is 6.07 Å². The third-order valence-electron chi connectivity index (χ3n) is 8.28. The standard InChI is InChI=1S/C28H37NO7S/c1-8-27(6,14-17(2)30)26(4,5)25(32)29-28(7)12-11-21-20-10-9-19(37(33,34)35)13-22(20)24(23(21)15-28)16-36-18(3)31/h9-13,24H,8,14-16H2,1-7H3,(H,29,32)(H,33,34,35). The highest BCUT2D eigenvalue weighted by molar-refractivity contribution is 7.85. The fourth-order valence-corrected chi connectivity index (χ4v) is 5.94. The number of amides is 1. The van der Waals surface area contributed by atoms with Crippen molar-refractivity contribution in [3.05, 3.63) is 47.1 Å². The monoisotopic (exact) mass is 531 g/mol. The lowest BCUT2D eigenvalue weighted by molar-refractivity contribution is -0.141. The second kappa shape index (κ2) is 9.83. The molecule has 8 nitrogen and oxygen atoms in total. The van der Waals surface area contributed by atoms with E-state index in [1.165, 1.54) is 26.0 Å². The Hall–Kier alpha value is -2.78. The zero-order chi connectivity index (χ0) is 28.0. The van der Waals surface area contributed by atoms with Crippen LogP contribution in [0.2, 0.25) is 0 Å². The number of allylic oxidation sites excluding steroid dienone is 2. The van der Waals surface area contributed by atoms with E-state index in [-0.39, 0.29) is 23.2 Å². The number of benzene rings is 1. The average Bonchev–Trinajstić information content (AvgIpc) is 3.07. The van der Waals surface area contributed by atoms with Crippen LogP contribution < -0.4 is 5.32 Å². The van der Waals surface area contributed by atoms with Crippen LogP contribution >= 0.6 is 0 Å². The largest absolute Gasteiger partial charge is 0.465 e. The van der Waals surface area contributed by atoms with E-state index in [9.17, 15) is 27.4 Å². The van der Waals surface area contributed by atoms with Crippen LogP contribution in [-0.4, -0.2) is 42.8 Å². The molecule has 3 atom stereocenters. The minimum Gasteiger partial charge on any atom is -0.465 e. The number of Topliss-reactive ketones (excluding diaryl/α,β-unsaturated/α-hetero) is 1. The highest BCUT2D eigenvalue weighted by atomic mass is 32.2. The molecule has 3 unspecified atom stereocenters. The number of esters is 1. The number of rotatable bonds is 9. The molecule has 0 fully saturated rings. The topological polar surface area (TPSA) is 127 Å². The number of ketones is 1. The van der Waals surface area contributed by atoms with Crippen molar-refractivity contribution in [1.29, 1.82) is 0 Å². The van der Waals surface area contributed by atoms with E-state index < -0.39 is 38.4 Å². The number of hydrogen-bond acceptors (Lipinski definition) is 6. The summed E-state index contributed by atoms with van der Waals surface area (Å²) in [7, 11) is -4.42. The molecule has 0 saturated carbocycles. The van der Waals surface area contributed by atoms with Crippen molar-refractivity contribution < 1.29 is 32.1 Å². The van der Waals surface area contributed by atoms with Crippen LogP contribution in [-0.2, 0) is 29.2 Å². The number of ether oxygens (including phenoxy) is 1. The molecule has 202 valence electrons. The molecule has 2 aliphatic rings. The van der Waals surface area contributed by atoms with Gasteiger partial charge in [0.1, 0.15) is 12.4 Å². The molecule has 0 saturated heterocycles. The van der Waals surface area contributed by atoms with Gasteiger partial charge in [0.2, 0.25) is 5.91 Å². The summed E-state index contributed by atoms with van der Waals surface area (Å²) in [6.45, 7) is 12.4. The third-order valence-corrected chi connectivity index (χ3v) is 9.13. The lowest BCUT2D eigenvalue weighted by atomic mass is 9.62. The molecule has 0 aliphatic heterocycles. The first-order chi connectivity index (χ1) is 16.9. The Morgan fingerprint density at radius 1 is 1.19 bits per heavy atom. The SMILES string of the molecule is CCC(C)(CC(C)=O)C(C)(C)C(=O)NC1(C)C=CC2=C(C1)C(COC(C)=O)c1cc(S(=O)(=O)O)ccc12. The number of fused-ring (bicyclic) bond motifs is 2. The predicted molar refractivity (Wildman–Crippen MR) is 140 cm³/mol. The molecular formula is C28H37NO7S. The highest BCUT2D eigenvalue weighted by Crippen LogP contribution is 2.50. The molecule has 0 aromatic heterocycles. The first-order valence-electron chi connectivity index (χ1n) is 12.4. The summed E-state index contributed by atoms with van der Waals surface area (Å²) in [6, 6.07) is 4.41. The van der Waals surface area contributed by atoms with Crippen molar-refractivity contribution in [1.82, 2.24) is 5.32 Å². The first-order valence-corrected chi connectivity index (χ1v) is 13.9. The van der Waals surface area contributed by atoms with Crippen molar-refractivity contribution in [3.8, 4) is 0 Å². The molecule has 1 aromatic rings. The molecule has 2 aliphatic carbocycles. The summed E-state index contributed by atoms with van der Waals surface area (Å²) in [5.41, 5.74) is 1.10. The van der Waals surface area contributed by atoms with Gasteiger partial charge in [-0.15, -0.1) is 0 Å². The normalized spacial score (nSPS) is 22.6. The summed E-state index contributed by atoms with van der Waals surface area (Å²) in [4.78, 5) is 37.0. The van der Waals surface area contributed by atoms with Gasteiger partial charge in [-0.3, -0.25) is 14.1 Å². The van der Waals surface area contributed by atoms with E-state index in [4.69, 9.17) is 4.74 Å². The molecule has 37 heavy (non-hydrogen) atoms. The molecule has 0 spiro atoms. The van der Waals surface area contributed by atoms with Gasteiger partial charge in [-0.2, -0.15) is 8.42 Å². The van der Waals surface area contributed by atoms with E-state index in [0.29, 0.717) is 24.8 Å². The maximum absolute atomic E-state index is 13.7. The summed E-state index contributed by atoms with van der Waals surface area (Å²) >= 11 is 0. The summed E-state index contributed by atoms with van der Waals surface area (Å²) in [5.74, 6) is -1.03. The van der Waals surface area contributed by atoms with Gasteiger partial charge in [0.25, 0.3) is 10.1 Å². The molecule has 0 heterocycles. The van der Waals surface area contributed by atoms with Crippen molar-refractivity contribution in [3.63, 3.8) is 0 Å². The fraction of sp³-hybridized carbons (Fsp3) is 0.536. The molecule has 3 rings (SSSR count). The van der Waals surface area contributed by atoms with Crippen LogP contribution in [0.3, 0.4) is 0 Å². The van der Waals surface area contributed by atoms with Gasteiger partial charge in [-0.25, -0.2) is 0 Å². The average molecular weight is 532 g/mol. The van der Waals surface area contributed by atoms with Gasteiger partial charge >= 0.3 is 5.97 Å². The Kier molecular flexibility index (Phi) is 7.65. The van der Waals surface area contributed by atoms with Crippen molar-refractivity contribution >= 4 is 33.4 Å². The molecule has 2 N–H and O–H groups in total. The molecule has 1 amide bonds. The smallest absolute Gasteiger partial charge is 0.302 e. The Morgan fingerprint density at radius 3 is 2.38 bits per heavy atom. The Balaban J connectivity index is 1.95.